The molecule has 0 bridgehead atoms. The van der Waals surface area contributed by atoms with Gasteiger partial charge in [-0.3, -0.25) is 4.79 Å². The first-order valence-corrected chi connectivity index (χ1v) is 6.33. The van der Waals surface area contributed by atoms with Crippen LogP contribution in [0.1, 0.15) is 13.3 Å². The SMILES string of the molecule is CCC(=O)Nc1ccc(Nc2ccc(Cl)cc2)nc1. The Morgan fingerprint density at radius 3 is 2.42 bits per heavy atom. The lowest BCUT2D eigenvalue weighted by Gasteiger charge is -2.07. The van der Waals surface area contributed by atoms with Crippen LogP contribution in [0, 0.1) is 0 Å². The lowest BCUT2D eigenvalue weighted by molar-refractivity contribution is -0.115. The number of hydrogen-bond acceptors (Lipinski definition) is 3. The second-order valence-electron chi connectivity index (χ2n) is 3.97. The summed E-state index contributed by atoms with van der Waals surface area (Å²) in [5, 5.41) is 6.58. The molecule has 2 rings (SSSR count). The molecule has 1 heterocycles. The van der Waals surface area contributed by atoms with Gasteiger partial charge in [-0.05, 0) is 36.4 Å². The molecule has 98 valence electrons. The van der Waals surface area contributed by atoms with Crippen molar-refractivity contribution in [1.29, 1.82) is 0 Å². The molecule has 19 heavy (non-hydrogen) atoms. The average molecular weight is 276 g/mol. The Morgan fingerprint density at radius 2 is 1.84 bits per heavy atom. The molecule has 0 radical (unpaired) electrons. The number of amides is 1. The van der Waals surface area contributed by atoms with Gasteiger partial charge in [0.2, 0.25) is 5.91 Å². The maximum atomic E-state index is 11.2. The number of benzene rings is 1. The van der Waals surface area contributed by atoms with E-state index in [1.807, 2.05) is 12.1 Å². The standard InChI is InChI=1S/C14H14ClN3O/c1-2-14(19)18-12-7-8-13(16-9-12)17-11-5-3-10(15)4-6-11/h3-9H,2H2,1H3,(H,16,17)(H,18,19). The Bertz CT molecular complexity index is 552. The minimum absolute atomic E-state index is 0.0276. The molecule has 0 spiro atoms. The highest BCUT2D eigenvalue weighted by Crippen LogP contribution is 2.18. The normalized spacial score (nSPS) is 10.0. The number of halogens is 1. The second kappa shape index (κ2) is 6.20. The third kappa shape index (κ3) is 3.96. The molecule has 2 aromatic rings. The van der Waals surface area contributed by atoms with E-state index in [4.69, 9.17) is 11.6 Å². The van der Waals surface area contributed by atoms with Gasteiger partial charge in [-0.2, -0.15) is 0 Å². The van der Waals surface area contributed by atoms with Gasteiger partial charge in [0.05, 0.1) is 11.9 Å². The number of nitrogens with zero attached hydrogens (tertiary/aromatic N) is 1. The van der Waals surface area contributed by atoms with Crippen molar-refractivity contribution in [2.75, 3.05) is 10.6 Å². The fourth-order valence-corrected chi connectivity index (χ4v) is 1.60. The number of nitrogens with one attached hydrogen (secondary N) is 2. The zero-order valence-electron chi connectivity index (χ0n) is 10.5. The predicted molar refractivity (Wildman–Crippen MR) is 77.9 cm³/mol. The fourth-order valence-electron chi connectivity index (χ4n) is 1.47. The zero-order valence-corrected chi connectivity index (χ0v) is 11.2. The molecular formula is C14H14ClN3O. The largest absolute Gasteiger partial charge is 0.340 e. The van der Waals surface area contributed by atoms with E-state index in [0.29, 0.717) is 22.9 Å². The highest BCUT2D eigenvalue weighted by molar-refractivity contribution is 6.30. The van der Waals surface area contributed by atoms with Gasteiger partial charge in [0, 0.05) is 17.1 Å². The van der Waals surface area contributed by atoms with E-state index in [-0.39, 0.29) is 5.91 Å². The topological polar surface area (TPSA) is 54.0 Å². The zero-order chi connectivity index (χ0) is 13.7. The maximum Gasteiger partial charge on any atom is 0.224 e. The molecule has 0 saturated heterocycles. The van der Waals surface area contributed by atoms with Gasteiger partial charge in [-0.25, -0.2) is 4.98 Å². The molecule has 0 atom stereocenters. The van der Waals surface area contributed by atoms with Crippen LogP contribution in [0.15, 0.2) is 42.6 Å². The molecule has 1 aromatic carbocycles. The van der Waals surface area contributed by atoms with Crippen LogP contribution in [-0.2, 0) is 4.79 Å². The third-order valence-electron chi connectivity index (χ3n) is 2.48. The van der Waals surface area contributed by atoms with E-state index in [1.54, 1.807) is 37.4 Å². The van der Waals surface area contributed by atoms with Crippen molar-refractivity contribution >= 4 is 34.7 Å². The van der Waals surface area contributed by atoms with Crippen LogP contribution < -0.4 is 10.6 Å². The Balaban J connectivity index is 2.02. The number of hydrogen-bond donors (Lipinski definition) is 2. The molecule has 5 heteroatoms. The van der Waals surface area contributed by atoms with Gasteiger partial charge in [0.1, 0.15) is 5.82 Å². The van der Waals surface area contributed by atoms with E-state index in [1.165, 1.54) is 0 Å². The van der Waals surface area contributed by atoms with Gasteiger partial charge in [0.25, 0.3) is 0 Å². The third-order valence-corrected chi connectivity index (χ3v) is 2.74. The number of rotatable bonds is 4. The molecule has 2 N–H and O–H groups in total. The van der Waals surface area contributed by atoms with Crippen molar-refractivity contribution in [3.05, 3.63) is 47.6 Å². The molecule has 1 aromatic heterocycles. The number of anilines is 3. The Hall–Kier alpha value is -2.07. The van der Waals surface area contributed by atoms with E-state index in [2.05, 4.69) is 15.6 Å². The minimum atomic E-state index is -0.0276. The first-order chi connectivity index (χ1) is 9.17. The van der Waals surface area contributed by atoms with Crippen LogP contribution in [-0.4, -0.2) is 10.9 Å². The monoisotopic (exact) mass is 275 g/mol. The number of pyridine rings is 1. The lowest BCUT2D eigenvalue weighted by Crippen LogP contribution is -2.09. The Morgan fingerprint density at radius 1 is 1.16 bits per heavy atom. The van der Waals surface area contributed by atoms with Gasteiger partial charge in [-0.15, -0.1) is 0 Å². The van der Waals surface area contributed by atoms with Gasteiger partial charge >= 0.3 is 0 Å². The smallest absolute Gasteiger partial charge is 0.224 e. The fraction of sp³-hybridized carbons (Fsp3) is 0.143. The molecule has 1 amide bonds. The second-order valence-corrected chi connectivity index (χ2v) is 4.40. The number of carbonyl (C=O) groups excluding carboxylic acids is 1. The summed E-state index contributed by atoms with van der Waals surface area (Å²) in [6, 6.07) is 11.0. The van der Waals surface area contributed by atoms with Crippen molar-refractivity contribution in [2.24, 2.45) is 0 Å². The van der Waals surface area contributed by atoms with Gasteiger partial charge < -0.3 is 10.6 Å². The van der Waals surface area contributed by atoms with Crippen molar-refractivity contribution in [1.82, 2.24) is 4.98 Å². The lowest BCUT2D eigenvalue weighted by atomic mass is 10.3. The summed E-state index contributed by atoms with van der Waals surface area (Å²) in [7, 11) is 0. The van der Waals surface area contributed by atoms with Crippen LogP contribution in [0.3, 0.4) is 0 Å². The van der Waals surface area contributed by atoms with Crippen LogP contribution in [0.25, 0.3) is 0 Å². The van der Waals surface area contributed by atoms with Crippen molar-refractivity contribution < 1.29 is 4.79 Å². The molecule has 4 nitrogen and oxygen atoms in total. The summed E-state index contributed by atoms with van der Waals surface area (Å²) in [5.74, 6) is 0.678. The molecular weight excluding hydrogens is 262 g/mol. The summed E-state index contributed by atoms with van der Waals surface area (Å²) in [6.07, 6.45) is 2.07. The summed E-state index contributed by atoms with van der Waals surface area (Å²) >= 11 is 5.81. The van der Waals surface area contributed by atoms with Crippen LogP contribution in [0.2, 0.25) is 5.02 Å². The minimum Gasteiger partial charge on any atom is -0.340 e. The average Bonchev–Trinajstić information content (AvgIpc) is 2.43. The number of aromatic nitrogens is 1. The van der Waals surface area contributed by atoms with Crippen molar-refractivity contribution in [3.63, 3.8) is 0 Å². The molecule has 0 unspecified atom stereocenters. The maximum absolute atomic E-state index is 11.2. The summed E-state index contributed by atoms with van der Waals surface area (Å²) in [4.78, 5) is 15.4. The van der Waals surface area contributed by atoms with E-state index >= 15 is 0 Å². The van der Waals surface area contributed by atoms with Crippen LogP contribution in [0.4, 0.5) is 17.2 Å². The van der Waals surface area contributed by atoms with E-state index in [9.17, 15) is 4.79 Å². The highest BCUT2D eigenvalue weighted by atomic mass is 35.5. The first kappa shape index (κ1) is 13.4. The Labute approximate surface area is 116 Å². The number of carbonyl (C=O) groups is 1. The Kier molecular flexibility index (Phi) is 4.36. The molecule has 0 aliphatic heterocycles. The highest BCUT2D eigenvalue weighted by Gasteiger charge is 2.00. The predicted octanol–water partition coefficient (Wildman–Crippen LogP) is 3.83. The van der Waals surface area contributed by atoms with Crippen molar-refractivity contribution in [3.8, 4) is 0 Å². The summed E-state index contributed by atoms with van der Waals surface area (Å²) < 4.78 is 0. The van der Waals surface area contributed by atoms with Crippen molar-refractivity contribution in [2.45, 2.75) is 13.3 Å². The van der Waals surface area contributed by atoms with Gasteiger partial charge in [0.15, 0.2) is 0 Å². The van der Waals surface area contributed by atoms with E-state index < -0.39 is 0 Å². The van der Waals surface area contributed by atoms with Gasteiger partial charge in [-0.1, -0.05) is 18.5 Å². The molecule has 0 fully saturated rings. The molecule has 0 saturated carbocycles. The summed E-state index contributed by atoms with van der Waals surface area (Å²) in [5.41, 5.74) is 1.59. The van der Waals surface area contributed by atoms with E-state index in [0.717, 1.165) is 5.69 Å². The van der Waals surface area contributed by atoms with Crippen LogP contribution >= 0.6 is 11.6 Å². The molecule has 0 aliphatic rings. The van der Waals surface area contributed by atoms with Crippen LogP contribution in [0.5, 0.6) is 0 Å². The quantitative estimate of drug-likeness (QED) is 0.892. The molecule has 0 aliphatic carbocycles. The summed E-state index contributed by atoms with van der Waals surface area (Å²) in [6.45, 7) is 1.80. The first-order valence-electron chi connectivity index (χ1n) is 5.96.